The van der Waals surface area contributed by atoms with Crippen molar-refractivity contribution in [1.82, 2.24) is 5.32 Å². The molecule has 5 heteroatoms. The molecular formula is C11H15NO3S. The number of benzene rings is 1. The molecule has 0 aromatic heterocycles. The summed E-state index contributed by atoms with van der Waals surface area (Å²) in [5, 5.41) is 2.72. The fourth-order valence-electron chi connectivity index (χ4n) is 1.21. The van der Waals surface area contributed by atoms with Crippen molar-refractivity contribution >= 4 is 18.5 Å². The summed E-state index contributed by atoms with van der Waals surface area (Å²) in [6.07, 6.45) is 0. The quantitative estimate of drug-likeness (QED) is 0.765. The summed E-state index contributed by atoms with van der Waals surface area (Å²) in [6.45, 7) is 0.529. The highest BCUT2D eigenvalue weighted by atomic mass is 32.1. The van der Waals surface area contributed by atoms with Gasteiger partial charge < -0.3 is 14.8 Å². The highest BCUT2D eigenvalue weighted by molar-refractivity contribution is 7.80. The first-order chi connectivity index (χ1) is 7.71. The van der Waals surface area contributed by atoms with Crippen LogP contribution >= 0.6 is 12.6 Å². The number of hydrogen-bond acceptors (Lipinski definition) is 4. The van der Waals surface area contributed by atoms with E-state index in [1.54, 1.807) is 32.4 Å². The van der Waals surface area contributed by atoms with Crippen LogP contribution in [0.4, 0.5) is 0 Å². The predicted molar refractivity (Wildman–Crippen MR) is 65.7 cm³/mol. The van der Waals surface area contributed by atoms with Crippen LogP contribution < -0.4 is 14.8 Å². The number of thiol groups is 1. The number of hydrogen-bond donors (Lipinski definition) is 2. The number of ether oxygens (including phenoxy) is 2. The molecule has 0 spiro atoms. The van der Waals surface area contributed by atoms with Crippen LogP contribution in [0, 0.1) is 0 Å². The Labute approximate surface area is 100 Å². The van der Waals surface area contributed by atoms with Gasteiger partial charge in [0.1, 0.15) is 11.5 Å². The molecular weight excluding hydrogens is 226 g/mol. The average Bonchev–Trinajstić information content (AvgIpc) is 2.35. The summed E-state index contributed by atoms with van der Waals surface area (Å²) in [6, 6.07) is 5.04. The highest BCUT2D eigenvalue weighted by Gasteiger charge is 2.08. The Kier molecular flexibility index (Phi) is 4.98. The third-order valence-corrected chi connectivity index (χ3v) is 2.23. The molecule has 0 bridgehead atoms. The van der Waals surface area contributed by atoms with Gasteiger partial charge in [-0.2, -0.15) is 12.6 Å². The summed E-state index contributed by atoms with van der Waals surface area (Å²) in [5.41, 5.74) is 0.512. The fraction of sp³-hybridized carbons (Fsp3) is 0.364. The molecule has 0 aliphatic heterocycles. The van der Waals surface area contributed by atoms with Crippen LogP contribution in [-0.2, 0) is 0 Å². The maximum Gasteiger partial charge on any atom is 0.251 e. The van der Waals surface area contributed by atoms with E-state index in [9.17, 15) is 4.79 Å². The molecule has 0 fully saturated rings. The molecule has 1 aromatic carbocycles. The second kappa shape index (κ2) is 6.27. The number of carbonyl (C=O) groups excluding carboxylic acids is 1. The van der Waals surface area contributed by atoms with Crippen molar-refractivity contribution in [3.8, 4) is 11.5 Å². The molecule has 1 aromatic rings. The molecule has 1 rings (SSSR count). The van der Waals surface area contributed by atoms with E-state index >= 15 is 0 Å². The number of rotatable bonds is 5. The minimum Gasteiger partial charge on any atom is -0.497 e. The van der Waals surface area contributed by atoms with Gasteiger partial charge in [0.05, 0.1) is 14.2 Å². The lowest BCUT2D eigenvalue weighted by Gasteiger charge is -2.08. The van der Waals surface area contributed by atoms with Crippen LogP contribution in [0.1, 0.15) is 10.4 Å². The third-order valence-electron chi connectivity index (χ3n) is 2.01. The van der Waals surface area contributed by atoms with Crippen molar-refractivity contribution in [2.24, 2.45) is 0 Å². The molecule has 88 valence electrons. The second-order valence-corrected chi connectivity index (χ2v) is 3.53. The number of amides is 1. The van der Waals surface area contributed by atoms with Gasteiger partial charge >= 0.3 is 0 Å². The van der Waals surface area contributed by atoms with Crippen LogP contribution in [0.2, 0.25) is 0 Å². The molecule has 0 saturated carbocycles. The Morgan fingerprint density at radius 3 is 2.25 bits per heavy atom. The van der Waals surface area contributed by atoms with Crippen molar-refractivity contribution in [2.75, 3.05) is 26.5 Å². The molecule has 0 atom stereocenters. The maximum absolute atomic E-state index is 11.7. The van der Waals surface area contributed by atoms with E-state index in [-0.39, 0.29) is 5.91 Å². The highest BCUT2D eigenvalue weighted by Crippen LogP contribution is 2.22. The molecule has 16 heavy (non-hydrogen) atoms. The number of carbonyl (C=O) groups is 1. The van der Waals surface area contributed by atoms with Gasteiger partial charge in [0.2, 0.25) is 0 Å². The predicted octanol–water partition coefficient (Wildman–Crippen LogP) is 1.36. The largest absolute Gasteiger partial charge is 0.497 e. The Balaban J connectivity index is 2.89. The first-order valence-electron chi connectivity index (χ1n) is 4.83. The van der Waals surface area contributed by atoms with Crippen LogP contribution in [0.5, 0.6) is 11.5 Å². The van der Waals surface area contributed by atoms with Gasteiger partial charge in [0.15, 0.2) is 0 Å². The Morgan fingerprint density at radius 1 is 1.25 bits per heavy atom. The summed E-state index contributed by atoms with van der Waals surface area (Å²) in [4.78, 5) is 11.7. The average molecular weight is 241 g/mol. The van der Waals surface area contributed by atoms with E-state index in [0.717, 1.165) is 0 Å². The van der Waals surface area contributed by atoms with E-state index < -0.39 is 0 Å². The first kappa shape index (κ1) is 12.7. The fourth-order valence-corrected chi connectivity index (χ4v) is 1.32. The van der Waals surface area contributed by atoms with Gasteiger partial charge in [-0.15, -0.1) is 0 Å². The minimum atomic E-state index is -0.161. The molecule has 0 heterocycles. The van der Waals surface area contributed by atoms with Gasteiger partial charge in [-0.1, -0.05) is 0 Å². The summed E-state index contributed by atoms with van der Waals surface area (Å²) < 4.78 is 10.2. The van der Waals surface area contributed by atoms with E-state index in [1.165, 1.54) is 0 Å². The smallest absolute Gasteiger partial charge is 0.251 e. The van der Waals surface area contributed by atoms with Gasteiger partial charge in [0, 0.05) is 23.9 Å². The van der Waals surface area contributed by atoms with Crippen LogP contribution in [0.25, 0.3) is 0 Å². The molecule has 1 N–H and O–H groups in total. The first-order valence-corrected chi connectivity index (χ1v) is 5.46. The molecule has 0 aliphatic carbocycles. The molecule has 0 unspecified atom stereocenters. The molecule has 0 radical (unpaired) electrons. The zero-order chi connectivity index (χ0) is 12.0. The molecule has 4 nitrogen and oxygen atoms in total. The van der Waals surface area contributed by atoms with Crippen LogP contribution in [0.15, 0.2) is 18.2 Å². The minimum absolute atomic E-state index is 0.161. The lowest BCUT2D eigenvalue weighted by molar-refractivity contribution is 0.0955. The van der Waals surface area contributed by atoms with Gasteiger partial charge in [-0.3, -0.25) is 4.79 Å². The van der Waals surface area contributed by atoms with Crippen LogP contribution in [-0.4, -0.2) is 32.4 Å². The second-order valence-electron chi connectivity index (χ2n) is 3.08. The summed E-state index contributed by atoms with van der Waals surface area (Å²) >= 11 is 4.02. The van der Waals surface area contributed by atoms with E-state index in [4.69, 9.17) is 9.47 Å². The van der Waals surface area contributed by atoms with Crippen LogP contribution in [0.3, 0.4) is 0 Å². The lowest BCUT2D eigenvalue weighted by atomic mass is 10.2. The van der Waals surface area contributed by atoms with Gasteiger partial charge in [-0.05, 0) is 12.1 Å². The standard InChI is InChI=1S/C11H15NO3S/c1-14-9-5-8(6-10(7-9)15-2)11(13)12-3-4-16/h5-7,16H,3-4H2,1-2H3,(H,12,13). The maximum atomic E-state index is 11.7. The van der Waals surface area contributed by atoms with Crippen molar-refractivity contribution in [2.45, 2.75) is 0 Å². The van der Waals surface area contributed by atoms with E-state index in [2.05, 4.69) is 17.9 Å². The molecule has 0 aliphatic rings. The van der Waals surface area contributed by atoms with Crippen molar-refractivity contribution in [1.29, 1.82) is 0 Å². The number of nitrogens with one attached hydrogen (secondary N) is 1. The number of methoxy groups -OCH3 is 2. The van der Waals surface area contributed by atoms with Gasteiger partial charge in [0.25, 0.3) is 5.91 Å². The Bertz CT molecular complexity index is 346. The Hall–Kier alpha value is -1.36. The Morgan fingerprint density at radius 2 is 1.81 bits per heavy atom. The summed E-state index contributed by atoms with van der Waals surface area (Å²) in [7, 11) is 3.09. The van der Waals surface area contributed by atoms with Gasteiger partial charge in [-0.25, -0.2) is 0 Å². The van der Waals surface area contributed by atoms with Crippen molar-refractivity contribution in [3.63, 3.8) is 0 Å². The lowest BCUT2D eigenvalue weighted by Crippen LogP contribution is -2.25. The van der Waals surface area contributed by atoms with Crippen molar-refractivity contribution < 1.29 is 14.3 Å². The zero-order valence-corrected chi connectivity index (χ0v) is 10.2. The summed E-state index contributed by atoms with van der Waals surface area (Å²) in [5.74, 6) is 1.63. The molecule has 1 amide bonds. The SMILES string of the molecule is COc1cc(OC)cc(C(=O)NCCS)c1. The van der Waals surface area contributed by atoms with Crippen molar-refractivity contribution in [3.05, 3.63) is 23.8 Å². The topological polar surface area (TPSA) is 47.6 Å². The van der Waals surface area contributed by atoms with E-state index in [0.29, 0.717) is 29.4 Å². The van der Waals surface area contributed by atoms with E-state index in [1.807, 2.05) is 0 Å². The zero-order valence-electron chi connectivity index (χ0n) is 9.32. The monoisotopic (exact) mass is 241 g/mol. The third kappa shape index (κ3) is 3.34. The molecule has 0 saturated heterocycles. The normalized spacial score (nSPS) is 9.69.